The summed E-state index contributed by atoms with van der Waals surface area (Å²) in [5.74, 6) is -1.25. The smallest absolute Gasteiger partial charge is 0.416 e. The summed E-state index contributed by atoms with van der Waals surface area (Å²) in [6.07, 6.45) is -3.18. The van der Waals surface area contributed by atoms with E-state index in [-0.39, 0.29) is 39.6 Å². The Balaban J connectivity index is 1.80. The monoisotopic (exact) mass is 492 g/mol. The molecule has 1 amide bonds. The van der Waals surface area contributed by atoms with Gasteiger partial charge in [-0.2, -0.15) is 13.2 Å². The number of benzene rings is 3. The van der Waals surface area contributed by atoms with E-state index in [1.807, 2.05) is 0 Å². The van der Waals surface area contributed by atoms with E-state index in [9.17, 15) is 30.8 Å². The first-order valence-electron chi connectivity index (χ1n) is 9.72. The van der Waals surface area contributed by atoms with Crippen LogP contribution in [0.4, 0.5) is 23.2 Å². The number of ether oxygens (including phenoxy) is 1. The fraction of sp³-hybridized carbons (Fsp3) is 0.0870. The van der Waals surface area contributed by atoms with Crippen LogP contribution >= 0.6 is 0 Å². The van der Waals surface area contributed by atoms with E-state index in [4.69, 9.17) is 9.88 Å². The Hall–Kier alpha value is -3.70. The standard InChI is InChI=1S/C23H16F4N2O4S/c24-14-5-7-18-17(8-9-33-21(18)11-14)20-10-13(23(25,26)27)4-6-19(20)22(30)29-15-2-1-3-16(12-15)34(28,31)32/h1-8,10-12H,9H2,(H,29,30)(H2,28,31,32). The third kappa shape index (κ3) is 4.80. The number of hydrogen-bond donors (Lipinski definition) is 2. The quantitative estimate of drug-likeness (QED) is 0.522. The van der Waals surface area contributed by atoms with Crippen molar-refractivity contribution in [2.75, 3.05) is 11.9 Å². The van der Waals surface area contributed by atoms with Gasteiger partial charge in [-0.3, -0.25) is 4.79 Å². The summed E-state index contributed by atoms with van der Waals surface area (Å²) in [6, 6.07) is 11.3. The van der Waals surface area contributed by atoms with Gasteiger partial charge in [0.2, 0.25) is 10.0 Å². The van der Waals surface area contributed by atoms with Crippen molar-refractivity contribution in [3.05, 3.63) is 94.8 Å². The molecule has 4 rings (SSSR count). The minimum absolute atomic E-state index is 0.0422. The Kier molecular flexibility index (Phi) is 5.92. The molecule has 3 aromatic rings. The predicted octanol–water partition coefficient (Wildman–Crippen LogP) is 4.57. The second kappa shape index (κ2) is 8.58. The second-order valence-corrected chi connectivity index (χ2v) is 8.92. The van der Waals surface area contributed by atoms with E-state index in [1.165, 1.54) is 30.3 Å². The summed E-state index contributed by atoms with van der Waals surface area (Å²) in [5.41, 5.74) is -0.492. The van der Waals surface area contributed by atoms with Crippen LogP contribution in [0, 0.1) is 5.82 Å². The van der Waals surface area contributed by atoms with Crippen molar-refractivity contribution in [3.63, 3.8) is 0 Å². The van der Waals surface area contributed by atoms with Crippen LogP contribution in [0.25, 0.3) is 5.57 Å². The fourth-order valence-electron chi connectivity index (χ4n) is 3.51. The number of carbonyl (C=O) groups is 1. The molecular formula is C23H16F4N2O4S. The summed E-state index contributed by atoms with van der Waals surface area (Å²) in [6.45, 7) is -0.0422. The lowest BCUT2D eigenvalue weighted by molar-refractivity contribution is -0.137. The van der Waals surface area contributed by atoms with Gasteiger partial charge >= 0.3 is 6.18 Å². The molecule has 0 bridgehead atoms. The highest BCUT2D eigenvalue weighted by Crippen LogP contribution is 2.39. The van der Waals surface area contributed by atoms with Crippen molar-refractivity contribution < 1.29 is 35.5 Å². The van der Waals surface area contributed by atoms with Crippen molar-refractivity contribution in [2.45, 2.75) is 11.1 Å². The van der Waals surface area contributed by atoms with Gasteiger partial charge in [-0.1, -0.05) is 6.07 Å². The van der Waals surface area contributed by atoms with Crippen molar-refractivity contribution in [1.29, 1.82) is 0 Å². The first-order valence-corrected chi connectivity index (χ1v) is 11.3. The molecule has 6 nitrogen and oxygen atoms in total. The van der Waals surface area contributed by atoms with Gasteiger partial charge < -0.3 is 10.1 Å². The number of halogens is 4. The molecule has 1 heterocycles. The SMILES string of the molecule is NS(=O)(=O)c1cccc(NC(=O)c2ccc(C(F)(F)F)cc2C2=CCOc3cc(F)ccc32)c1. The Morgan fingerprint density at radius 2 is 1.76 bits per heavy atom. The average molecular weight is 492 g/mol. The van der Waals surface area contributed by atoms with Crippen LogP contribution in [-0.4, -0.2) is 20.9 Å². The number of nitrogens with two attached hydrogens (primary N) is 1. The normalized spacial score (nSPS) is 13.5. The van der Waals surface area contributed by atoms with Gasteiger partial charge in [-0.25, -0.2) is 17.9 Å². The number of carbonyl (C=O) groups excluding carboxylic acids is 1. The minimum Gasteiger partial charge on any atom is -0.489 e. The number of alkyl halides is 3. The molecule has 1 aliphatic heterocycles. The van der Waals surface area contributed by atoms with Crippen molar-refractivity contribution in [1.82, 2.24) is 0 Å². The first kappa shape index (κ1) is 23.5. The van der Waals surface area contributed by atoms with Crippen molar-refractivity contribution >= 4 is 27.2 Å². The molecule has 1 aliphatic rings. The van der Waals surface area contributed by atoms with Crippen molar-refractivity contribution in [2.24, 2.45) is 5.14 Å². The molecule has 3 N–H and O–H groups in total. The number of anilines is 1. The molecule has 0 radical (unpaired) electrons. The van der Waals surface area contributed by atoms with Gasteiger partial charge in [0.1, 0.15) is 18.2 Å². The Bertz CT molecular complexity index is 1430. The maximum absolute atomic E-state index is 13.6. The highest BCUT2D eigenvalue weighted by Gasteiger charge is 2.32. The fourth-order valence-corrected chi connectivity index (χ4v) is 4.07. The number of rotatable bonds is 4. The lowest BCUT2D eigenvalue weighted by Crippen LogP contribution is -2.18. The number of primary sulfonamides is 1. The molecular weight excluding hydrogens is 476 g/mol. The molecule has 0 saturated carbocycles. The van der Waals surface area contributed by atoms with E-state index >= 15 is 0 Å². The number of amides is 1. The van der Waals surface area contributed by atoms with Gasteiger partial charge in [0.05, 0.1) is 10.5 Å². The highest BCUT2D eigenvalue weighted by atomic mass is 32.2. The van der Waals surface area contributed by atoms with Crippen molar-refractivity contribution in [3.8, 4) is 5.75 Å². The first-order chi connectivity index (χ1) is 15.9. The molecule has 0 spiro atoms. The molecule has 0 aromatic heterocycles. The zero-order valence-electron chi connectivity index (χ0n) is 17.2. The number of hydrogen-bond acceptors (Lipinski definition) is 4. The molecule has 176 valence electrons. The summed E-state index contributed by atoms with van der Waals surface area (Å²) in [4.78, 5) is 12.8. The van der Waals surface area contributed by atoms with Crippen LogP contribution in [0.15, 0.2) is 71.6 Å². The molecule has 11 heteroatoms. The number of sulfonamides is 1. The van der Waals surface area contributed by atoms with Gasteiger partial charge in [-0.05, 0) is 65.7 Å². The van der Waals surface area contributed by atoms with Crippen LogP contribution in [0.2, 0.25) is 0 Å². The summed E-state index contributed by atoms with van der Waals surface area (Å²) >= 11 is 0. The summed E-state index contributed by atoms with van der Waals surface area (Å²) < 4.78 is 82.6. The lowest BCUT2D eigenvalue weighted by atomic mass is 9.90. The maximum atomic E-state index is 13.6. The van der Waals surface area contributed by atoms with Crippen LogP contribution < -0.4 is 15.2 Å². The molecule has 0 unspecified atom stereocenters. The molecule has 0 atom stereocenters. The maximum Gasteiger partial charge on any atom is 0.416 e. The zero-order chi connectivity index (χ0) is 24.7. The summed E-state index contributed by atoms with van der Waals surface area (Å²) in [5, 5.41) is 7.59. The molecule has 0 aliphatic carbocycles. The van der Waals surface area contributed by atoms with Crippen LogP contribution in [-0.2, 0) is 16.2 Å². The third-order valence-electron chi connectivity index (χ3n) is 5.06. The second-order valence-electron chi connectivity index (χ2n) is 7.35. The Morgan fingerprint density at radius 3 is 2.47 bits per heavy atom. The molecule has 0 fully saturated rings. The Labute approximate surface area is 191 Å². The van der Waals surface area contributed by atoms with E-state index < -0.39 is 33.5 Å². The van der Waals surface area contributed by atoms with E-state index in [0.717, 1.165) is 36.4 Å². The predicted molar refractivity (Wildman–Crippen MR) is 116 cm³/mol. The molecule has 3 aromatic carbocycles. The largest absolute Gasteiger partial charge is 0.489 e. The van der Waals surface area contributed by atoms with Crippen LogP contribution in [0.3, 0.4) is 0 Å². The minimum atomic E-state index is -4.68. The van der Waals surface area contributed by atoms with E-state index in [2.05, 4.69) is 5.32 Å². The average Bonchev–Trinajstić information content (AvgIpc) is 2.77. The zero-order valence-corrected chi connectivity index (χ0v) is 18.0. The molecule has 0 saturated heterocycles. The van der Waals surface area contributed by atoms with E-state index in [1.54, 1.807) is 0 Å². The van der Waals surface area contributed by atoms with Gasteiger partial charge in [0.15, 0.2) is 0 Å². The third-order valence-corrected chi connectivity index (χ3v) is 5.97. The summed E-state index contributed by atoms with van der Waals surface area (Å²) in [7, 11) is -4.04. The van der Waals surface area contributed by atoms with Crippen LogP contribution in [0.5, 0.6) is 5.75 Å². The van der Waals surface area contributed by atoms with Crippen LogP contribution in [0.1, 0.15) is 27.0 Å². The molecule has 34 heavy (non-hydrogen) atoms. The highest BCUT2D eigenvalue weighted by molar-refractivity contribution is 7.89. The Morgan fingerprint density at radius 1 is 1.00 bits per heavy atom. The van der Waals surface area contributed by atoms with Gasteiger partial charge in [0.25, 0.3) is 5.91 Å². The topological polar surface area (TPSA) is 98.5 Å². The van der Waals surface area contributed by atoms with E-state index in [0.29, 0.717) is 5.56 Å². The van der Waals surface area contributed by atoms with Gasteiger partial charge in [0, 0.05) is 22.9 Å². The number of nitrogens with one attached hydrogen (secondary N) is 1. The number of fused-ring (bicyclic) bond motifs is 1. The van der Waals surface area contributed by atoms with Gasteiger partial charge in [-0.15, -0.1) is 0 Å². The lowest BCUT2D eigenvalue weighted by Gasteiger charge is -2.22.